The topological polar surface area (TPSA) is 47.9 Å². The lowest BCUT2D eigenvalue weighted by atomic mass is 9.77. The molecule has 1 fully saturated rings. The SMILES string of the molecule is CCC(C)CC(C)(C)C1CNC(=N)N1. The van der Waals surface area contributed by atoms with Crippen molar-refractivity contribution in [2.75, 3.05) is 6.54 Å². The van der Waals surface area contributed by atoms with Gasteiger partial charge in [0.05, 0.1) is 6.04 Å². The molecule has 0 bridgehead atoms. The minimum atomic E-state index is 0.269. The van der Waals surface area contributed by atoms with Gasteiger partial charge in [-0.05, 0) is 17.8 Å². The van der Waals surface area contributed by atoms with Crippen molar-refractivity contribution in [3.05, 3.63) is 0 Å². The van der Waals surface area contributed by atoms with Crippen LogP contribution < -0.4 is 10.6 Å². The molecule has 3 heteroatoms. The van der Waals surface area contributed by atoms with Crippen LogP contribution in [0.3, 0.4) is 0 Å². The Morgan fingerprint density at radius 1 is 1.57 bits per heavy atom. The lowest BCUT2D eigenvalue weighted by molar-refractivity contribution is 0.216. The Kier molecular flexibility index (Phi) is 3.40. The zero-order chi connectivity index (χ0) is 10.8. The normalized spacial score (nSPS) is 24.3. The molecule has 3 nitrogen and oxygen atoms in total. The monoisotopic (exact) mass is 197 g/mol. The summed E-state index contributed by atoms with van der Waals surface area (Å²) >= 11 is 0. The van der Waals surface area contributed by atoms with Gasteiger partial charge in [0.25, 0.3) is 0 Å². The Morgan fingerprint density at radius 3 is 2.64 bits per heavy atom. The number of guanidine groups is 1. The summed E-state index contributed by atoms with van der Waals surface area (Å²) in [4.78, 5) is 0. The van der Waals surface area contributed by atoms with Gasteiger partial charge in [-0.3, -0.25) is 5.41 Å². The van der Waals surface area contributed by atoms with Gasteiger partial charge in [0, 0.05) is 6.54 Å². The molecule has 2 unspecified atom stereocenters. The van der Waals surface area contributed by atoms with Crippen LogP contribution in [-0.4, -0.2) is 18.5 Å². The Morgan fingerprint density at radius 2 is 2.21 bits per heavy atom. The average molecular weight is 197 g/mol. The average Bonchev–Trinajstić information content (AvgIpc) is 2.51. The molecule has 1 aliphatic rings. The van der Waals surface area contributed by atoms with Crippen molar-refractivity contribution in [2.45, 2.75) is 46.6 Å². The van der Waals surface area contributed by atoms with E-state index in [2.05, 4.69) is 38.3 Å². The maximum Gasteiger partial charge on any atom is 0.188 e. The van der Waals surface area contributed by atoms with Gasteiger partial charge >= 0.3 is 0 Å². The van der Waals surface area contributed by atoms with Crippen LogP contribution in [0, 0.1) is 16.7 Å². The molecule has 82 valence electrons. The summed E-state index contributed by atoms with van der Waals surface area (Å²) in [5.74, 6) is 1.24. The van der Waals surface area contributed by atoms with Crippen LogP contribution in [0.4, 0.5) is 0 Å². The van der Waals surface area contributed by atoms with Gasteiger partial charge in [-0.2, -0.15) is 0 Å². The molecule has 3 N–H and O–H groups in total. The second-order valence-corrected chi connectivity index (χ2v) is 5.16. The molecule has 14 heavy (non-hydrogen) atoms. The molecule has 0 aromatic heterocycles. The second kappa shape index (κ2) is 4.20. The lowest BCUT2D eigenvalue weighted by Gasteiger charge is -2.33. The van der Waals surface area contributed by atoms with Crippen molar-refractivity contribution < 1.29 is 0 Å². The van der Waals surface area contributed by atoms with Gasteiger partial charge in [-0.15, -0.1) is 0 Å². The van der Waals surface area contributed by atoms with Crippen molar-refractivity contribution >= 4 is 5.96 Å². The fourth-order valence-corrected chi connectivity index (χ4v) is 2.14. The van der Waals surface area contributed by atoms with E-state index < -0.39 is 0 Å². The van der Waals surface area contributed by atoms with E-state index in [0.29, 0.717) is 12.0 Å². The summed E-state index contributed by atoms with van der Waals surface area (Å²) in [6.07, 6.45) is 2.46. The Bertz CT molecular complexity index is 211. The van der Waals surface area contributed by atoms with Crippen LogP contribution in [0.25, 0.3) is 0 Å². The molecule has 0 aliphatic carbocycles. The van der Waals surface area contributed by atoms with E-state index >= 15 is 0 Å². The minimum absolute atomic E-state index is 0.269. The Balaban J connectivity index is 2.51. The molecule has 0 radical (unpaired) electrons. The Labute approximate surface area is 87.2 Å². The maximum atomic E-state index is 7.46. The second-order valence-electron chi connectivity index (χ2n) is 5.16. The highest BCUT2D eigenvalue weighted by Gasteiger charge is 2.34. The number of hydrogen-bond donors (Lipinski definition) is 3. The van der Waals surface area contributed by atoms with Crippen molar-refractivity contribution in [1.82, 2.24) is 10.6 Å². The van der Waals surface area contributed by atoms with Crippen molar-refractivity contribution in [1.29, 1.82) is 5.41 Å². The molecule has 1 heterocycles. The molecule has 0 spiro atoms. The highest BCUT2D eigenvalue weighted by molar-refractivity contribution is 5.79. The molecule has 0 saturated carbocycles. The molecule has 1 rings (SSSR count). The van der Waals surface area contributed by atoms with Crippen LogP contribution in [0.1, 0.15) is 40.5 Å². The van der Waals surface area contributed by atoms with E-state index in [1.54, 1.807) is 0 Å². The summed E-state index contributed by atoms with van der Waals surface area (Å²) in [7, 11) is 0. The quantitative estimate of drug-likeness (QED) is 0.645. The first-order chi connectivity index (χ1) is 6.45. The van der Waals surface area contributed by atoms with Crippen molar-refractivity contribution in [3.8, 4) is 0 Å². The number of hydrogen-bond acceptors (Lipinski definition) is 1. The van der Waals surface area contributed by atoms with Crippen LogP contribution in [0.15, 0.2) is 0 Å². The largest absolute Gasteiger partial charge is 0.354 e. The standard InChI is InChI=1S/C11H23N3/c1-5-8(2)6-11(3,4)9-7-13-10(12)14-9/h8-9H,5-7H2,1-4H3,(H3,12,13,14). The van der Waals surface area contributed by atoms with Crippen LogP contribution >= 0.6 is 0 Å². The lowest BCUT2D eigenvalue weighted by Crippen LogP contribution is -2.41. The van der Waals surface area contributed by atoms with Crippen LogP contribution in [0.5, 0.6) is 0 Å². The molecule has 1 saturated heterocycles. The van der Waals surface area contributed by atoms with Crippen molar-refractivity contribution in [2.24, 2.45) is 11.3 Å². The van der Waals surface area contributed by atoms with Gasteiger partial charge in [-0.1, -0.05) is 34.1 Å². The van der Waals surface area contributed by atoms with E-state index in [0.717, 1.165) is 12.5 Å². The third kappa shape index (κ3) is 2.63. The Hall–Kier alpha value is -0.730. The van der Waals surface area contributed by atoms with E-state index in [-0.39, 0.29) is 5.41 Å². The maximum absolute atomic E-state index is 7.46. The van der Waals surface area contributed by atoms with Gasteiger partial charge in [-0.25, -0.2) is 0 Å². The van der Waals surface area contributed by atoms with E-state index in [1.807, 2.05) is 0 Å². The highest BCUT2D eigenvalue weighted by atomic mass is 15.2. The first kappa shape index (κ1) is 11.3. The first-order valence-electron chi connectivity index (χ1n) is 5.54. The molecule has 1 aliphatic heterocycles. The van der Waals surface area contributed by atoms with Crippen molar-refractivity contribution in [3.63, 3.8) is 0 Å². The molecular formula is C11H23N3. The minimum Gasteiger partial charge on any atom is -0.354 e. The summed E-state index contributed by atoms with van der Waals surface area (Å²) in [5, 5.41) is 13.7. The smallest absolute Gasteiger partial charge is 0.188 e. The fraction of sp³-hybridized carbons (Fsp3) is 0.909. The predicted octanol–water partition coefficient (Wildman–Crippen LogP) is 1.94. The molecular weight excluding hydrogens is 174 g/mol. The first-order valence-corrected chi connectivity index (χ1v) is 5.54. The summed E-state index contributed by atoms with van der Waals surface area (Å²) in [6.45, 7) is 10.0. The molecule has 0 aromatic carbocycles. The van der Waals surface area contributed by atoms with Gasteiger partial charge in [0.2, 0.25) is 0 Å². The van der Waals surface area contributed by atoms with E-state index in [4.69, 9.17) is 5.41 Å². The van der Waals surface area contributed by atoms with Crippen LogP contribution in [-0.2, 0) is 0 Å². The molecule has 0 aromatic rings. The van der Waals surface area contributed by atoms with Gasteiger partial charge in [0.15, 0.2) is 5.96 Å². The number of nitrogens with one attached hydrogen (secondary N) is 3. The van der Waals surface area contributed by atoms with Crippen LogP contribution in [0.2, 0.25) is 0 Å². The number of rotatable bonds is 4. The van der Waals surface area contributed by atoms with E-state index in [1.165, 1.54) is 12.8 Å². The summed E-state index contributed by atoms with van der Waals surface area (Å²) in [5.41, 5.74) is 0.269. The zero-order valence-electron chi connectivity index (χ0n) is 9.78. The third-order valence-electron chi connectivity index (χ3n) is 3.32. The zero-order valence-corrected chi connectivity index (χ0v) is 9.78. The van der Waals surface area contributed by atoms with Gasteiger partial charge in [0.1, 0.15) is 0 Å². The summed E-state index contributed by atoms with van der Waals surface area (Å²) < 4.78 is 0. The summed E-state index contributed by atoms with van der Waals surface area (Å²) in [6, 6.07) is 0.406. The van der Waals surface area contributed by atoms with E-state index in [9.17, 15) is 0 Å². The molecule has 0 amide bonds. The predicted molar refractivity (Wildman–Crippen MR) is 60.5 cm³/mol. The van der Waals surface area contributed by atoms with Gasteiger partial charge < -0.3 is 10.6 Å². The highest BCUT2D eigenvalue weighted by Crippen LogP contribution is 2.31. The molecule has 2 atom stereocenters. The third-order valence-corrected chi connectivity index (χ3v) is 3.32. The fourth-order valence-electron chi connectivity index (χ4n) is 2.14.